The SMILES string of the molecule is CCOc1ccc(-n2c(SCc3nc(CC)no3)nnc2-c2ccc(OC)cc2)cc1. The molecule has 160 valence electrons. The first-order valence-corrected chi connectivity index (χ1v) is 11.0. The summed E-state index contributed by atoms with van der Waals surface area (Å²) in [6, 6.07) is 15.6. The van der Waals surface area contributed by atoms with Crippen LogP contribution in [-0.4, -0.2) is 38.6 Å². The molecule has 31 heavy (non-hydrogen) atoms. The van der Waals surface area contributed by atoms with Crippen molar-refractivity contribution in [1.29, 1.82) is 0 Å². The fourth-order valence-electron chi connectivity index (χ4n) is 3.00. The van der Waals surface area contributed by atoms with Gasteiger partial charge in [0.1, 0.15) is 11.5 Å². The molecule has 4 rings (SSSR count). The molecule has 9 heteroatoms. The van der Waals surface area contributed by atoms with E-state index in [9.17, 15) is 0 Å². The van der Waals surface area contributed by atoms with E-state index < -0.39 is 0 Å². The predicted molar refractivity (Wildman–Crippen MR) is 118 cm³/mol. The highest BCUT2D eigenvalue weighted by Gasteiger charge is 2.18. The van der Waals surface area contributed by atoms with Crippen molar-refractivity contribution in [2.45, 2.75) is 31.2 Å². The molecule has 0 N–H and O–H groups in total. The van der Waals surface area contributed by atoms with Gasteiger partial charge in [0, 0.05) is 17.7 Å². The molecule has 0 aliphatic rings. The minimum absolute atomic E-state index is 0.505. The first-order chi connectivity index (χ1) is 15.2. The molecule has 0 radical (unpaired) electrons. The van der Waals surface area contributed by atoms with Gasteiger partial charge in [0.05, 0.1) is 19.5 Å². The molecule has 0 saturated carbocycles. The first kappa shape index (κ1) is 20.9. The molecule has 0 spiro atoms. The average molecular weight is 438 g/mol. The number of ether oxygens (including phenoxy) is 2. The van der Waals surface area contributed by atoms with E-state index in [0.717, 1.165) is 40.2 Å². The fraction of sp³-hybridized carbons (Fsp3) is 0.273. The minimum Gasteiger partial charge on any atom is -0.497 e. The summed E-state index contributed by atoms with van der Waals surface area (Å²) in [5, 5.41) is 13.6. The van der Waals surface area contributed by atoms with Crippen molar-refractivity contribution in [3.8, 4) is 28.6 Å². The van der Waals surface area contributed by atoms with E-state index in [4.69, 9.17) is 14.0 Å². The average Bonchev–Trinajstić information content (AvgIpc) is 3.45. The number of aryl methyl sites for hydroxylation is 1. The summed E-state index contributed by atoms with van der Waals surface area (Å²) in [5.41, 5.74) is 1.86. The van der Waals surface area contributed by atoms with Gasteiger partial charge in [-0.2, -0.15) is 4.98 Å². The van der Waals surface area contributed by atoms with Crippen molar-refractivity contribution in [3.05, 3.63) is 60.2 Å². The van der Waals surface area contributed by atoms with Gasteiger partial charge < -0.3 is 14.0 Å². The number of methoxy groups -OCH3 is 1. The maximum Gasteiger partial charge on any atom is 0.237 e. The number of aromatic nitrogens is 5. The molecule has 4 aromatic rings. The zero-order chi connectivity index (χ0) is 21.6. The Morgan fingerprint density at radius 1 is 0.968 bits per heavy atom. The normalized spacial score (nSPS) is 10.9. The molecule has 0 saturated heterocycles. The topological polar surface area (TPSA) is 88.1 Å². The maximum absolute atomic E-state index is 5.58. The lowest BCUT2D eigenvalue weighted by molar-refractivity contribution is 0.340. The lowest BCUT2D eigenvalue weighted by atomic mass is 10.2. The van der Waals surface area contributed by atoms with Crippen LogP contribution in [0.25, 0.3) is 17.1 Å². The van der Waals surface area contributed by atoms with Crippen LogP contribution in [0.4, 0.5) is 0 Å². The van der Waals surface area contributed by atoms with Crippen molar-refractivity contribution in [2.24, 2.45) is 0 Å². The van der Waals surface area contributed by atoms with Gasteiger partial charge in [-0.05, 0) is 55.5 Å². The molecule has 0 unspecified atom stereocenters. The number of hydrogen-bond donors (Lipinski definition) is 0. The Morgan fingerprint density at radius 3 is 2.35 bits per heavy atom. The Morgan fingerprint density at radius 2 is 1.71 bits per heavy atom. The molecule has 2 aromatic heterocycles. The molecular formula is C22H23N5O3S. The summed E-state index contributed by atoms with van der Waals surface area (Å²) in [6.07, 6.45) is 0.734. The Hall–Kier alpha value is -3.33. The summed E-state index contributed by atoms with van der Waals surface area (Å²) in [5.74, 6) is 4.10. The highest BCUT2D eigenvalue weighted by Crippen LogP contribution is 2.31. The van der Waals surface area contributed by atoms with Gasteiger partial charge in [0.15, 0.2) is 16.8 Å². The molecule has 0 bridgehead atoms. The third-order valence-electron chi connectivity index (χ3n) is 4.54. The Kier molecular flexibility index (Phi) is 6.51. The summed E-state index contributed by atoms with van der Waals surface area (Å²) >= 11 is 1.49. The summed E-state index contributed by atoms with van der Waals surface area (Å²) in [6.45, 7) is 4.57. The Labute approximate surface area is 184 Å². The lowest BCUT2D eigenvalue weighted by Crippen LogP contribution is -2.00. The van der Waals surface area contributed by atoms with E-state index in [0.29, 0.717) is 24.1 Å². The number of benzene rings is 2. The van der Waals surface area contributed by atoms with E-state index in [1.165, 1.54) is 11.8 Å². The Bertz CT molecular complexity index is 1120. The molecule has 2 heterocycles. The molecule has 8 nitrogen and oxygen atoms in total. The lowest BCUT2D eigenvalue weighted by Gasteiger charge is -2.11. The second-order valence-corrected chi connectivity index (χ2v) is 7.49. The molecule has 0 aliphatic heterocycles. The predicted octanol–water partition coefficient (Wildman–Crippen LogP) is 4.58. The second-order valence-electron chi connectivity index (χ2n) is 6.54. The number of hydrogen-bond acceptors (Lipinski definition) is 8. The van der Waals surface area contributed by atoms with Gasteiger partial charge in [0.25, 0.3) is 0 Å². The van der Waals surface area contributed by atoms with Crippen LogP contribution in [0.3, 0.4) is 0 Å². The molecular weight excluding hydrogens is 414 g/mol. The first-order valence-electron chi connectivity index (χ1n) is 9.99. The van der Waals surface area contributed by atoms with E-state index >= 15 is 0 Å². The standard InChI is InChI=1S/C22H23N5O3S/c1-4-19-23-20(30-26-19)14-31-22-25-24-21(15-6-10-17(28-3)11-7-15)27(22)16-8-12-18(13-9-16)29-5-2/h6-13H,4-5,14H2,1-3H3. The summed E-state index contributed by atoms with van der Waals surface area (Å²) < 4.78 is 18.2. The number of nitrogens with zero attached hydrogens (tertiary/aromatic N) is 5. The van der Waals surface area contributed by atoms with Gasteiger partial charge in [-0.3, -0.25) is 4.57 Å². The summed E-state index contributed by atoms with van der Waals surface area (Å²) in [4.78, 5) is 4.38. The Balaban J connectivity index is 1.69. The van der Waals surface area contributed by atoms with Gasteiger partial charge in [-0.15, -0.1) is 10.2 Å². The van der Waals surface area contributed by atoms with Crippen molar-refractivity contribution < 1.29 is 14.0 Å². The van der Waals surface area contributed by atoms with E-state index in [-0.39, 0.29) is 0 Å². The number of rotatable bonds is 9. The zero-order valence-electron chi connectivity index (χ0n) is 17.6. The smallest absolute Gasteiger partial charge is 0.237 e. The largest absolute Gasteiger partial charge is 0.497 e. The quantitative estimate of drug-likeness (QED) is 0.352. The van der Waals surface area contributed by atoms with Gasteiger partial charge >= 0.3 is 0 Å². The highest BCUT2D eigenvalue weighted by molar-refractivity contribution is 7.98. The molecule has 0 atom stereocenters. The van der Waals surface area contributed by atoms with Crippen LogP contribution >= 0.6 is 11.8 Å². The van der Waals surface area contributed by atoms with E-state index in [1.807, 2.05) is 66.9 Å². The molecule has 0 aliphatic carbocycles. The van der Waals surface area contributed by atoms with Crippen LogP contribution in [0, 0.1) is 0 Å². The minimum atomic E-state index is 0.505. The van der Waals surface area contributed by atoms with Crippen LogP contribution in [0.15, 0.2) is 58.2 Å². The zero-order valence-corrected chi connectivity index (χ0v) is 18.4. The van der Waals surface area contributed by atoms with E-state index in [1.54, 1.807) is 7.11 Å². The van der Waals surface area contributed by atoms with Crippen LogP contribution < -0.4 is 9.47 Å². The van der Waals surface area contributed by atoms with Gasteiger partial charge in [-0.1, -0.05) is 23.8 Å². The fourth-order valence-corrected chi connectivity index (χ4v) is 3.79. The third-order valence-corrected chi connectivity index (χ3v) is 5.45. The van der Waals surface area contributed by atoms with Crippen LogP contribution in [0.1, 0.15) is 25.6 Å². The van der Waals surface area contributed by atoms with Crippen LogP contribution in [-0.2, 0) is 12.2 Å². The molecule has 2 aromatic carbocycles. The molecule has 0 amide bonds. The summed E-state index contributed by atoms with van der Waals surface area (Å²) in [7, 11) is 1.65. The van der Waals surface area contributed by atoms with Crippen molar-refractivity contribution in [1.82, 2.24) is 24.9 Å². The van der Waals surface area contributed by atoms with Gasteiger partial charge in [0.2, 0.25) is 5.89 Å². The van der Waals surface area contributed by atoms with Gasteiger partial charge in [-0.25, -0.2) is 0 Å². The highest BCUT2D eigenvalue weighted by atomic mass is 32.2. The second kappa shape index (κ2) is 9.65. The van der Waals surface area contributed by atoms with Crippen molar-refractivity contribution in [3.63, 3.8) is 0 Å². The van der Waals surface area contributed by atoms with Crippen LogP contribution in [0.5, 0.6) is 11.5 Å². The van der Waals surface area contributed by atoms with Crippen molar-refractivity contribution in [2.75, 3.05) is 13.7 Å². The number of thioether (sulfide) groups is 1. The van der Waals surface area contributed by atoms with Crippen molar-refractivity contribution >= 4 is 11.8 Å². The maximum atomic E-state index is 5.58. The molecule has 0 fully saturated rings. The monoisotopic (exact) mass is 437 g/mol. The van der Waals surface area contributed by atoms with E-state index in [2.05, 4.69) is 20.3 Å². The third kappa shape index (κ3) is 4.72. The van der Waals surface area contributed by atoms with Crippen LogP contribution in [0.2, 0.25) is 0 Å².